The SMILES string of the molecule is Cc1c(CCCc2ccccc2)cc2ccccc2c1N. The van der Waals surface area contributed by atoms with E-state index in [9.17, 15) is 0 Å². The minimum absolute atomic E-state index is 0.933. The van der Waals surface area contributed by atoms with Crippen LogP contribution in [0.15, 0.2) is 60.7 Å². The van der Waals surface area contributed by atoms with Crippen LogP contribution >= 0.6 is 0 Å². The molecule has 0 saturated carbocycles. The van der Waals surface area contributed by atoms with Gasteiger partial charge >= 0.3 is 0 Å². The number of hydrogen-bond donors (Lipinski definition) is 1. The third-order valence-electron chi connectivity index (χ3n) is 4.22. The van der Waals surface area contributed by atoms with Gasteiger partial charge in [-0.15, -0.1) is 0 Å². The van der Waals surface area contributed by atoms with Gasteiger partial charge in [-0.3, -0.25) is 0 Å². The molecule has 0 bridgehead atoms. The average molecular weight is 275 g/mol. The Bertz CT molecular complexity index is 744. The summed E-state index contributed by atoms with van der Waals surface area (Å²) in [6, 6.07) is 21.3. The fourth-order valence-corrected chi connectivity index (χ4v) is 2.93. The van der Waals surface area contributed by atoms with Crippen molar-refractivity contribution in [3.05, 3.63) is 77.4 Å². The van der Waals surface area contributed by atoms with Gasteiger partial charge in [-0.25, -0.2) is 0 Å². The molecule has 0 spiro atoms. The van der Waals surface area contributed by atoms with E-state index in [2.05, 4.69) is 61.5 Å². The van der Waals surface area contributed by atoms with Crippen LogP contribution in [0, 0.1) is 6.92 Å². The van der Waals surface area contributed by atoms with Crippen molar-refractivity contribution in [2.45, 2.75) is 26.2 Å². The Kier molecular flexibility index (Phi) is 3.92. The number of hydrogen-bond acceptors (Lipinski definition) is 1. The number of nitrogens with two attached hydrogens (primary N) is 1. The van der Waals surface area contributed by atoms with Crippen LogP contribution in [0.4, 0.5) is 5.69 Å². The highest BCUT2D eigenvalue weighted by Gasteiger charge is 2.07. The van der Waals surface area contributed by atoms with Gasteiger partial charge in [0.15, 0.2) is 0 Å². The van der Waals surface area contributed by atoms with Gasteiger partial charge in [-0.05, 0) is 48.3 Å². The van der Waals surface area contributed by atoms with Crippen molar-refractivity contribution in [3.63, 3.8) is 0 Å². The minimum atomic E-state index is 0.933. The lowest BCUT2D eigenvalue weighted by Crippen LogP contribution is -1.98. The van der Waals surface area contributed by atoms with Crippen molar-refractivity contribution in [2.24, 2.45) is 0 Å². The molecule has 0 fully saturated rings. The van der Waals surface area contributed by atoms with Crippen LogP contribution in [0.1, 0.15) is 23.1 Å². The molecule has 106 valence electrons. The second-order valence-electron chi connectivity index (χ2n) is 5.63. The van der Waals surface area contributed by atoms with E-state index in [0.29, 0.717) is 0 Å². The van der Waals surface area contributed by atoms with Crippen molar-refractivity contribution < 1.29 is 0 Å². The van der Waals surface area contributed by atoms with Crippen LogP contribution in [-0.2, 0) is 12.8 Å². The van der Waals surface area contributed by atoms with Crippen LogP contribution in [0.25, 0.3) is 10.8 Å². The molecule has 0 aliphatic carbocycles. The first-order chi connectivity index (χ1) is 10.3. The smallest absolute Gasteiger partial charge is 0.0426 e. The van der Waals surface area contributed by atoms with Crippen LogP contribution in [0.5, 0.6) is 0 Å². The predicted octanol–water partition coefficient (Wildman–Crippen LogP) is 4.91. The lowest BCUT2D eigenvalue weighted by molar-refractivity contribution is 0.817. The number of anilines is 1. The van der Waals surface area contributed by atoms with Crippen molar-refractivity contribution in [1.29, 1.82) is 0 Å². The van der Waals surface area contributed by atoms with E-state index in [0.717, 1.165) is 24.9 Å². The highest BCUT2D eigenvalue weighted by atomic mass is 14.6. The van der Waals surface area contributed by atoms with Crippen molar-refractivity contribution in [1.82, 2.24) is 0 Å². The van der Waals surface area contributed by atoms with Gasteiger partial charge in [0.1, 0.15) is 0 Å². The lowest BCUT2D eigenvalue weighted by atomic mass is 9.95. The summed E-state index contributed by atoms with van der Waals surface area (Å²) in [7, 11) is 0. The molecule has 0 aromatic heterocycles. The minimum Gasteiger partial charge on any atom is -0.398 e. The van der Waals surface area contributed by atoms with Gasteiger partial charge < -0.3 is 5.73 Å². The molecular weight excluding hydrogens is 254 g/mol. The van der Waals surface area contributed by atoms with Crippen LogP contribution in [-0.4, -0.2) is 0 Å². The summed E-state index contributed by atoms with van der Waals surface area (Å²) in [5, 5.41) is 2.41. The maximum absolute atomic E-state index is 6.30. The average Bonchev–Trinajstić information content (AvgIpc) is 2.53. The highest BCUT2D eigenvalue weighted by molar-refractivity contribution is 5.95. The standard InChI is InChI=1S/C20H21N/c1-15-17(12-7-10-16-8-3-2-4-9-16)14-18-11-5-6-13-19(18)20(15)21/h2-6,8-9,11,13-14H,7,10,12,21H2,1H3. The zero-order valence-electron chi connectivity index (χ0n) is 12.5. The van der Waals surface area contributed by atoms with Gasteiger partial charge in [0, 0.05) is 11.1 Å². The van der Waals surface area contributed by atoms with Crippen LogP contribution in [0.2, 0.25) is 0 Å². The van der Waals surface area contributed by atoms with E-state index >= 15 is 0 Å². The summed E-state index contributed by atoms with van der Waals surface area (Å²) in [5.74, 6) is 0. The van der Waals surface area contributed by atoms with Crippen LogP contribution in [0.3, 0.4) is 0 Å². The van der Waals surface area contributed by atoms with E-state index < -0.39 is 0 Å². The summed E-state index contributed by atoms with van der Waals surface area (Å²) in [6.45, 7) is 2.14. The molecular formula is C20H21N. The number of benzene rings is 3. The van der Waals surface area contributed by atoms with E-state index in [4.69, 9.17) is 5.73 Å². The Morgan fingerprint density at radius 1 is 0.857 bits per heavy atom. The van der Waals surface area contributed by atoms with E-state index in [-0.39, 0.29) is 0 Å². The zero-order valence-corrected chi connectivity index (χ0v) is 12.5. The monoisotopic (exact) mass is 275 g/mol. The largest absolute Gasteiger partial charge is 0.398 e. The molecule has 3 rings (SSSR count). The fourth-order valence-electron chi connectivity index (χ4n) is 2.93. The molecule has 0 aliphatic heterocycles. The van der Waals surface area contributed by atoms with Gasteiger partial charge in [0.05, 0.1) is 0 Å². The van der Waals surface area contributed by atoms with E-state index in [1.165, 1.54) is 27.5 Å². The normalized spacial score (nSPS) is 10.9. The highest BCUT2D eigenvalue weighted by Crippen LogP contribution is 2.28. The Labute approximate surface area is 126 Å². The lowest BCUT2D eigenvalue weighted by Gasteiger charge is -2.12. The van der Waals surface area contributed by atoms with Gasteiger partial charge in [-0.2, -0.15) is 0 Å². The molecule has 0 heterocycles. The molecule has 1 nitrogen and oxygen atoms in total. The number of rotatable bonds is 4. The molecule has 0 radical (unpaired) electrons. The summed E-state index contributed by atoms with van der Waals surface area (Å²) < 4.78 is 0. The first kappa shape index (κ1) is 13.7. The maximum atomic E-state index is 6.30. The Morgan fingerprint density at radius 3 is 2.38 bits per heavy atom. The van der Waals surface area contributed by atoms with Gasteiger partial charge in [-0.1, -0.05) is 60.7 Å². The first-order valence-electron chi connectivity index (χ1n) is 7.56. The molecule has 1 heteroatoms. The maximum Gasteiger partial charge on any atom is 0.0426 e. The molecule has 3 aromatic carbocycles. The zero-order chi connectivity index (χ0) is 14.7. The van der Waals surface area contributed by atoms with Crippen LogP contribution < -0.4 is 5.73 Å². The Balaban J connectivity index is 1.79. The number of fused-ring (bicyclic) bond motifs is 1. The quantitative estimate of drug-likeness (QED) is 0.673. The Morgan fingerprint density at radius 2 is 1.57 bits per heavy atom. The van der Waals surface area contributed by atoms with Crippen molar-refractivity contribution in [2.75, 3.05) is 5.73 Å². The first-order valence-corrected chi connectivity index (χ1v) is 7.56. The topological polar surface area (TPSA) is 26.0 Å². The molecule has 21 heavy (non-hydrogen) atoms. The molecule has 0 unspecified atom stereocenters. The predicted molar refractivity (Wildman–Crippen MR) is 91.6 cm³/mol. The summed E-state index contributed by atoms with van der Waals surface area (Å²) >= 11 is 0. The summed E-state index contributed by atoms with van der Waals surface area (Å²) in [5.41, 5.74) is 11.3. The summed E-state index contributed by atoms with van der Waals surface area (Å²) in [4.78, 5) is 0. The van der Waals surface area contributed by atoms with Gasteiger partial charge in [0.25, 0.3) is 0 Å². The summed E-state index contributed by atoms with van der Waals surface area (Å²) in [6.07, 6.45) is 3.35. The molecule has 0 amide bonds. The third kappa shape index (κ3) is 2.92. The molecule has 2 N–H and O–H groups in total. The van der Waals surface area contributed by atoms with E-state index in [1.54, 1.807) is 0 Å². The molecule has 0 saturated heterocycles. The second kappa shape index (κ2) is 6.01. The van der Waals surface area contributed by atoms with Gasteiger partial charge in [0.2, 0.25) is 0 Å². The second-order valence-corrected chi connectivity index (χ2v) is 5.63. The van der Waals surface area contributed by atoms with Crippen molar-refractivity contribution >= 4 is 16.5 Å². The molecule has 0 aliphatic rings. The molecule has 0 atom stereocenters. The fraction of sp³-hybridized carbons (Fsp3) is 0.200. The van der Waals surface area contributed by atoms with E-state index in [1.807, 2.05) is 6.07 Å². The number of aryl methyl sites for hydroxylation is 2. The van der Waals surface area contributed by atoms with Crippen molar-refractivity contribution in [3.8, 4) is 0 Å². The molecule has 3 aromatic rings. The number of nitrogen functional groups attached to an aromatic ring is 1. The Hall–Kier alpha value is -2.28. The third-order valence-corrected chi connectivity index (χ3v) is 4.22.